The van der Waals surface area contributed by atoms with Crippen molar-refractivity contribution >= 4 is 17.5 Å². The largest absolute Gasteiger partial charge is 0.389 e. The van der Waals surface area contributed by atoms with Gasteiger partial charge in [0.05, 0.1) is 23.0 Å². The first-order valence-electron chi connectivity index (χ1n) is 10.5. The molecule has 9 nitrogen and oxygen atoms in total. The first-order chi connectivity index (χ1) is 15.8. The van der Waals surface area contributed by atoms with E-state index in [1.165, 1.54) is 0 Å². The number of aliphatic hydroxyl groups excluding tert-OH is 1. The highest BCUT2D eigenvalue weighted by atomic mass is 16.3. The van der Waals surface area contributed by atoms with E-state index in [0.717, 1.165) is 0 Å². The lowest BCUT2D eigenvalue weighted by molar-refractivity contribution is -0.118. The van der Waals surface area contributed by atoms with Gasteiger partial charge in [-0.2, -0.15) is 5.26 Å². The molecule has 0 unspecified atom stereocenters. The number of hydrogen-bond acceptors (Lipinski definition) is 8. The summed E-state index contributed by atoms with van der Waals surface area (Å²) < 4.78 is 0. The molecule has 2 aromatic rings. The van der Waals surface area contributed by atoms with E-state index in [9.17, 15) is 15.2 Å². The lowest BCUT2D eigenvalue weighted by atomic mass is 10.1. The summed E-state index contributed by atoms with van der Waals surface area (Å²) in [6.45, 7) is 8.28. The van der Waals surface area contributed by atoms with Crippen molar-refractivity contribution in [3.8, 4) is 17.3 Å². The van der Waals surface area contributed by atoms with Crippen LogP contribution in [0.15, 0.2) is 66.8 Å². The second-order valence-corrected chi connectivity index (χ2v) is 7.89. The van der Waals surface area contributed by atoms with Crippen molar-refractivity contribution in [2.24, 2.45) is 11.7 Å². The number of nitrogens with two attached hydrogens (primary N) is 1. The third-order valence-electron chi connectivity index (χ3n) is 4.96. The zero-order valence-electron chi connectivity index (χ0n) is 18.6. The Bertz CT molecular complexity index is 1140. The minimum atomic E-state index is -0.361. The number of hydrogen-bond donors (Lipinski definition) is 4. The number of allylic oxidation sites excluding steroid dienone is 3. The Labute approximate surface area is 193 Å². The lowest BCUT2D eigenvalue weighted by Crippen LogP contribution is -2.51. The predicted octanol–water partition coefficient (Wildman–Crippen LogP) is 2.57. The van der Waals surface area contributed by atoms with E-state index < -0.39 is 0 Å². The van der Waals surface area contributed by atoms with Gasteiger partial charge in [-0.3, -0.25) is 4.79 Å². The zero-order valence-corrected chi connectivity index (χ0v) is 18.6. The second kappa shape index (κ2) is 10.4. The van der Waals surface area contributed by atoms with E-state index in [1.54, 1.807) is 62.5 Å². The summed E-state index contributed by atoms with van der Waals surface area (Å²) in [4.78, 5) is 22.7. The highest BCUT2D eigenvalue weighted by molar-refractivity contribution is 5.93. The molecule has 1 amide bonds. The monoisotopic (exact) mass is 445 g/mol. The van der Waals surface area contributed by atoms with E-state index in [0.29, 0.717) is 53.1 Å². The first kappa shape index (κ1) is 23.5. The lowest BCUT2D eigenvalue weighted by Gasteiger charge is -2.37. The molecule has 1 aliphatic rings. The molecule has 1 saturated heterocycles. The van der Waals surface area contributed by atoms with Gasteiger partial charge in [0.25, 0.3) is 0 Å². The number of nitriles is 1. The number of nitrogens with zero attached hydrogens (tertiary/aromatic N) is 4. The fourth-order valence-electron chi connectivity index (χ4n) is 3.06. The third kappa shape index (κ3) is 5.96. The van der Waals surface area contributed by atoms with Crippen molar-refractivity contribution in [2.45, 2.75) is 20.0 Å². The van der Waals surface area contributed by atoms with E-state index in [4.69, 9.17) is 5.73 Å². The summed E-state index contributed by atoms with van der Waals surface area (Å²) in [5.41, 5.74) is 8.85. The van der Waals surface area contributed by atoms with Crippen LogP contribution in [0.4, 0.5) is 11.6 Å². The molecule has 1 aromatic heterocycles. The number of amides is 1. The molecule has 0 aliphatic carbocycles. The summed E-state index contributed by atoms with van der Waals surface area (Å²) >= 11 is 0. The van der Waals surface area contributed by atoms with E-state index in [1.807, 2.05) is 4.90 Å². The third-order valence-corrected chi connectivity index (χ3v) is 4.96. The zero-order chi connectivity index (χ0) is 24.0. The number of benzene rings is 1. The summed E-state index contributed by atoms with van der Waals surface area (Å²) in [5.74, 6) is 0.492. The fourth-order valence-corrected chi connectivity index (χ4v) is 3.06. The molecule has 170 valence electrons. The van der Waals surface area contributed by atoms with Crippen LogP contribution in [0.3, 0.4) is 0 Å². The van der Waals surface area contributed by atoms with Crippen molar-refractivity contribution in [1.29, 1.82) is 5.26 Å². The number of aliphatic hydroxyl groups is 1. The quantitative estimate of drug-likeness (QED) is 0.455. The summed E-state index contributed by atoms with van der Waals surface area (Å²) in [6, 6.07) is 9.01. The maximum absolute atomic E-state index is 12.0. The number of anilines is 2. The first-order valence-corrected chi connectivity index (χ1v) is 10.5. The SMILES string of the molecule is C=C/C=C(\C=C(/N)N1CC(O)C1)Nc1nccc(-c2ccc(NC(=O)C(C)C)c(C#N)c2)n1. The van der Waals surface area contributed by atoms with Crippen LogP contribution in [-0.4, -0.2) is 45.1 Å². The molecule has 5 N–H and O–H groups in total. The van der Waals surface area contributed by atoms with E-state index in [-0.39, 0.29) is 17.9 Å². The number of β-amino-alcohol motifs (C(OH)–C–C–N with tert-alkyl or cyclic N) is 1. The minimum Gasteiger partial charge on any atom is -0.389 e. The Kier molecular flexibility index (Phi) is 7.43. The molecule has 0 spiro atoms. The van der Waals surface area contributed by atoms with Crippen LogP contribution in [0.2, 0.25) is 0 Å². The van der Waals surface area contributed by atoms with Crippen LogP contribution in [0.1, 0.15) is 19.4 Å². The molecule has 33 heavy (non-hydrogen) atoms. The van der Waals surface area contributed by atoms with Gasteiger partial charge in [0, 0.05) is 42.5 Å². The van der Waals surface area contributed by atoms with Crippen molar-refractivity contribution in [2.75, 3.05) is 23.7 Å². The maximum Gasteiger partial charge on any atom is 0.227 e. The smallest absolute Gasteiger partial charge is 0.227 e. The van der Waals surface area contributed by atoms with Crippen LogP contribution in [0.25, 0.3) is 11.3 Å². The summed E-state index contributed by atoms with van der Waals surface area (Å²) in [6.07, 6.45) is 6.32. The molecule has 1 aliphatic heterocycles. The van der Waals surface area contributed by atoms with Gasteiger partial charge in [-0.15, -0.1) is 0 Å². The standard InChI is InChI=1S/C24H27N7O2/c1-4-5-18(11-22(26)31-13-19(32)14-31)28-24-27-9-8-21(30-24)16-6-7-20(17(10-16)12-25)29-23(33)15(2)3/h4-11,15,19,32H,1,13-14,26H2,2-3H3,(H,29,33)(H,27,28,30)/b18-5+,22-11+. The topological polar surface area (TPSA) is 140 Å². The van der Waals surface area contributed by atoms with Gasteiger partial charge in [-0.25, -0.2) is 9.97 Å². The molecule has 0 saturated carbocycles. The normalized spacial score (nSPS) is 14.5. The average Bonchev–Trinajstić information content (AvgIpc) is 2.77. The number of carbonyl (C=O) groups excluding carboxylic acids is 1. The van der Waals surface area contributed by atoms with Crippen LogP contribution in [0.5, 0.6) is 0 Å². The van der Waals surface area contributed by atoms with Gasteiger partial charge < -0.3 is 26.4 Å². The molecule has 9 heteroatoms. The average molecular weight is 446 g/mol. The molecule has 1 aromatic carbocycles. The van der Waals surface area contributed by atoms with Crippen LogP contribution >= 0.6 is 0 Å². The van der Waals surface area contributed by atoms with Gasteiger partial charge in [-0.05, 0) is 24.3 Å². The Hall–Kier alpha value is -4.16. The number of likely N-dealkylation sites (tertiary alicyclic amines) is 1. The highest BCUT2D eigenvalue weighted by Crippen LogP contribution is 2.25. The Morgan fingerprint density at radius 3 is 2.76 bits per heavy atom. The highest BCUT2D eigenvalue weighted by Gasteiger charge is 2.24. The molecule has 0 atom stereocenters. The maximum atomic E-state index is 12.0. The van der Waals surface area contributed by atoms with Gasteiger partial charge >= 0.3 is 0 Å². The van der Waals surface area contributed by atoms with Gasteiger partial charge in [0.15, 0.2) is 0 Å². The van der Waals surface area contributed by atoms with Gasteiger partial charge in [0.2, 0.25) is 11.9 Å². The molecular weight excluding hydrogens is 418 g/mol. The van der Waals surface area contributed by atoms with Crippen molar-refractivity contribution in [1.82, 2.24) is 14.9 Å². The van der Waals surface area contributed by atoms with Crippen LogP contribution in [-0.2, 0) is 4.79 Å². The Balaban J connectivity index is 1.82. The van der Waals surface area contributed by atoms with Gasteiger partial charge in [-0.1, -0.05) is 32.6 Å². The Morgan fingerprint density at radius 1 is 1.36 bits per heavy atom. The number of rotatable bonds is 8. The minimum absolute atomic E-state index is 0.158. The Morgan fingerprint density at radius 2 is 2.12 bits per heavy atom. The number of carbonyl (C=O) groups is 1. The van der Waals surface area contributed by atoms with Crippen molar-refractivity contribution < 1.29 is 9.90 Å². The second-order valence-electron chi connectivity index (χ2n) is 7.89. The van der Waals surface area contributed by atoms with Crippen molar-refractivity contribution in [3.63, 3.8) is 0 Å². The van der Waals surface area contributed by atoms with Crippen LogP contribution < -0.4 is 16.4 Å². The van der Waals surface area contributed by atoms with E-state index in [2.05, 4.69) is 33.2 Å². The molecule has 0 radical (unpaired) electrons. The van der Waals surface area contributed by atoms with Crippen LogP contribution in [0, 0.1) is 17.2 Å². The van der Waals surface area contributed by atoms with E-state index >= 15 is 0 Å². The molecule has 2 heterocycles. The fraction of sp³-hybridized carbons (Fsp3) is 0.250. The molecular formula is C24H27N7O2. The van der Waals surface area contributed by atoms with Crippen molar-refractivity contribution in [3.05, 3.63) is 72.4 Å². The number of nitrogens with one attached hydrogen (secondary N) is 2. The summed E-state index contributed by atoms with van der Waals surface area (Å²) in [5, 5.41) is 24.9. The molecule has 3 rings (SSSR count). The predicted molar refractivity (Wildman–Crippen MR) is 127 cm³/mol. The number of aromatic nitrogens is 2. The molecule has 0 bridgehead atoms. The summed E-state index contributed by atoms with van der Waals surface area (Å²) in [7, 11) is 0. The molecule has 1 fully saturated rings. The van der Waals surface area contributed by atoms with Gasteiger partial charge in [0.1, 0.15) is 11.9 Å².